The van der Waals surface area contributed by atoms with Gasteiger partial charge in [-0.15, -0.1) is 0 Å². The fourth-order valence-electron chi connectivity index (χ4n) is 1.92. The molecule has 3 aromatic rings. The number of hydrogen-bond donors (Lipinski definition) is 1. The van der Waals surface area contributed by atoms with Crippen molar-refractivity contribution in [3.63, 3.8) is 0 Å². The van der Waals surface area contributed by atoms with E-state index in [1.54, 1.807) is 12.1 Å². The van der Waals surface area contributed by atoms with Gasteiger partial charge in [-0.2, -0.15) is 0 Å². The Kier molecular flexibility index (Phi) is 2.72. The van der Waals surface area contributed by atoms with Gasteiger partial charge in [0, 0.05) is 29.4 Å². The molecule has 19 heavy (non-hydrogen) atoms. The molecule has 0 bridgehead atoms. The Bertz CT molecular complexity index is 863. The van der Waals surface area contributed by atoms with E-state index in [1.807, 2.05) is 12.1 Å². The van der Waals surface area contributed by atoms with Gasteiger partial charge in [0.25, 0.3) is 5.56 Å². The summed E-state index contributed by atoms with van der Waals surface area (Å²) >= 11 is 5.83. The molecule has 2 heterocycles. The largest absolute Gasteiger partial charge is 0.341 e. The average molecular weight is 273 g/mol. The van der Waals surface area contributed by atoms with E-state index in [4.69, 9.17) is 11.6 Å². The Balaban J connectivity index is 2.28. The molecule has 0 amide bonds. The quantitative estimate of drug-likeness (QED) is 0.739. The summed E-state index contributed by atoms with van der Waals surface area (Å²) in [5.74, 6) is 0. The summed E-state index contributed by atoms with van der Waals surface area (Å²) in [6.45, 7) is 0. The van der Waals surface area contributed by atoms with E-state index in [1.165, 1.54) is 28.8 Å². The lowest BCUT2D eigenvalue weighted by Crippen LogP contribution is -2.16. The maximum atomic E-state index is 12.0. The van der Waals surface area contributed by atoms with Gasteiger partial charge in [-0.3, -0.25) is 14.0 Å². The Labute approximate surface area is 112 Å². The predicted octanol–water partition coefficient (Wildman–Crippen LogP) is 2.31. The summed E-state index contributed by atoms with van der Waals surface area (Å²) < 4.78 is 1.39. The first-order valence-corrected chi connectivity index (χ1v) is 6.03. The minimum absolute atomic E-state index is 0.149. The Hall–Kier alpha value is -2.33. The van der Waals surface area contributed by atoms with Crippen molar-refractivity contribution in [3.8, 4) is 11.3 Å². The predicted molar refractivity (Wildman–Crippen MR) is 74.7 cm³/mol. The molecule has 0 aliphatic heterocycles. The fraction of sp³-hybridized carbons (Fsp3) is 0. The zero-order valence-electron chi connectivity index (χ0n) is 9.76. The SMILES string of the molecule is O=c1ccn2c(=O)cc(-c3ccc(Cl)cc3)[nH]c2c1. The summed E-state index contributed by atoms with van der Waals surface area (Å²) in [4.78, 5) is 26.4. The number of aromatic amines is 1. The standard InChI is InChI=1S/C14H9ClN2O2/c15-10-3-1-9(2-4-10)12-8-14(19)17-6-5-11(18)7-13(17)16-12/h1-8,16H. The first-order chi connectivity index (χ1) is 9.13. The van der Waals surface area contributed by atoms with E-state index in [0.29, 0.717) is 16.4 Å². The third-order valence-corrected chi connectivity index (χ3v) is 3.10. The number of rotatable bonds is 1. The summed E-state index contributed by atoms with van der Waals surface area (Å²) in [6, 6.07) is 11.3. The molecule has 94 valence electrons. The number of nitrogens with one attached hydrogen (secondary N) is 1. The molecule has 3 rings (SSSR count). The first kappa shape index (κ1) is 11.7. The molecule has 5 heteroatoms. The van der Waals surface area contributed by atoms with E-state index < -0.39 is 0 Å². The van der Waals surface area contributed by atoms with Gasteiger partial charge in [-0.05, 0) is 17.7 Å². The number of nitrogens with zero attached hydrogens (tertiary/aromatic N) is 1. The van der Waals surface area contributed by atoms with Crippen LogP contribution in [0.5, 0.6) is 0 Å². The van der Waals surface area contributed by atoms with Gasteiger partial charge in [0.2, 0.25) is 0 Å². The van der Waals surface area contributed by atoms with Gasteiger partial charge in [0.15, 0.2) is 5.43 Å². The van der Waals surface area contributed by atoms with E-state index in [0.717, 1.165) is 5.56 Å². The molecule has 0 aliphatic carbocycles. The topological polar surface area (TPSA) is 54.3 Å². The summed E-state index contributed by atoms with van der Waals surface area (Å²) in [5, 5.41) is 0.628. The van der Waals surface area contributed by atoms with Crippen molar-refractivity contribution in [2.45, 2.75) is 0 Å². The summed E-state index contributed by atoms with van der Waals surface area (Å²) in [7, 11) is 0. The molecule has 0 spiro atoms. The number of aromatic nitrogens is 2. The van der Waals surface area contributed by atoms with Crippen LogP contribution in [0.4, 0.5) is 0 Å². The number of pyridine rings is 1. The van der Waals surface area contributed by atoms with Crippen LogP contribution in [0.3, 0.4) is 0 Å². The molecule has 0 saturated carbocycles. The number of fused-ring (bicyclic) bond motifs is 1. The molecular formula is C14H9ClN2O2. The highest BCUT2D eigenvalue weighted by Crippen LogP contribution is 2.18. The second-order valence-corrected chi connectivity index (χ2v) is 4.58. The van der Waals surface area contributed by atoms with E-state index in [9.17, 15) is 9.59 Å². The van der Waals surface area contributed by atoms with Crippen LogP contribution in [-0.4, -0.2) is 9.38 Å². The Morgan fingerprint density at radius 2 is 1.74 bits per heavy atom. The van der Waals surface area contributed by atoms with E-state index >= 15 is 0 Å². The zero-order chi connectivity index (χ0) is 13.4. The Morgan fingerprint density at radius 1 is 1.00 bits per heavy atom. The van der Waals surface area contributed by atoms with Crippen LogP contribution in [0.2, 0.25) is 5.02 Å². The number of H-pyrrole nitrogens is 1. The highest BCUT2D eigenvalue weighted by atomic mass is 35.5. The van der Waals surface area contributed by atoms with Crippen LogP contribution in [0, 0.1) is 0 Å². The average Bonchev–Trinajstić information content (AvgIpc) is 2.38. The van der Waals surface area contributed by atoms with Crippen molar-refractivity contribution in [1.82, 2.24) is 9.38 Å². The van der Waals surface area contributed by atoms with Crippen LogP contribution in [0.15, 0.2) is 58.3 Å². The molecule has 0 saturated heterocycles. The van der Waals surface area contributed by atoms with Gasteiger partial charge < -0.3 is 4.98 Å². The smallest absolute Gasteiger partial charge is 0.258 e. The van der Waals surface area contributed by atoms with Crippen molar-refractivity contribution in [3.05, 3.63) is 74.3 Å². The highest BCUT2D eigenvalue weighted by Gasteiger charge is 2.03. The molecule has 0 atom stereocenters. The first-order valence-electron chi connectivity index (χ1n) is 5.65. The van der Waals surface area contributed by atoms with Gasteiger partial charge in [-0.25, -0.2) is 0 Å². The third kappa shape index (κ3) is 2.18. The zero-order valence-corrected chi connectivity index (χ0v) is 10.5. The van der Waals surface area contributed by atoms with Crippen LogP contribution < -0.4 is 11.0 Å². The summed E-state index contributed by atoms with van der Waals surface area (Å²) in [6.07, 6.45) is 1.46. The van der Waals surface area contributed by atoms with Crippen LogP contribution >= 0.6 is 11.6 Å². The fourth-order valence-corrected chi connectivity index (χ4v) is 2.05. The molecule has 4 nitrogen and oxygen atoms in total. The molecule has 1 N–H and O–H groups in total. The normalized spacial score (nSPS) is 10.8. The minimum Gasteiger partial charge on any atom is -0.341 e. The molecule has 0 aliphatic rings. The number of benzene rings is 1. The van der Waals surface area contributed by atoms with Crippen LogP contribution in [0.25, 0.3) is 16.9 Å². The third-order valence-electron chi connectivity index (χ3n) is 2.85. The lowest BCUT2D eigenvalue weighted by Gasteiger charge is -2.05. The van der Waals surface area contributed by atoms with Crippen LogP contribution in [-0.2, 0) is 0 Å². The van der Waals surface area contributed by atoms with Gasteiger partial charge in [0.1, 0.15) is 5.65 Å². The van der Waals surface area contributed by atoms with Gasteiger partial charge >= 0.3 is 0 Å². The second-order valence-electron chi connectivity index (χ2n) is 4.15. The van der Waals surface area contributed by atoms with Crippen molar-refractivity contribution in [2.75, 3.05) is 0 Å². The van der Waals surface area contributed by atoms with Crippen molar-refractivity contribution >= 4 is 17.2 Å². The number of hydrogen-bond acceptors (Lipinski definition) is 2. The van der Waals surface area contributed by atoms with Crippen molar-refractivity contribution < 1.29 is 0 Å². The molecular weight excluding hydrogens is 264 g/mol. The minimum atomic E-state index is -0.196. The maximum absolute atomic E-state index is 12.0. The van der Waals surface area contributed by atoms with E-state index in [-0.39, 0.29) is 11.0 Å². The van der Waals surface area contributed by atoms with Crippen LogP contribution in [0.1, 0.15) is 0 Å². The highest BCUT2D eigenvalue weighted by molar-refractivity contribution is 6.30. The molecule has 0 radical (unpaired) electrons. The van der Waals surface area contributed by atoms with Crippen molar-refractivity contribution in [2.24, 2.45) is 0 Å². The maximum Gasteiger partial charge on any atom is 0.258 e. The second kappa shape index (κ2) is 4.40. The molecule has 2 aromatic heterocycles. The lowest BCUT2D eigenvalue weighted by atomic mass is 10.1. The van der Waals surface area contributed by atoms with Crippen molar-refractivity contribution in [1.29, 1.82) is 0 Å². The number of halogens is 1. The molecule has 0 fully saturated rings. The molecule has 0 unspecified atom stereocenters. The van der Waals surface area contributed by atoms with Gasteiger partial charge in [-0.1, -0.05) is 23.7 Å². The lowest BCUT2D eigenvalue weighted by molar-refractivity contribution is 1.04. The monoisotopic (exact) mass is 272 g/mol. The summed E-state index contributed by atoms with van der Waals surface area (Å²) in [5.41, 5.74) is 1.60. The molecule has 1 aromatic carbocycles. The van der Waals surface area contributed by atoms with Gasteiger partial charge in [0.05, 0.1) is 5.69 Å². The Morgan fingerprint density at radius 3 is 2.47 bits per heavy atom. The van der Waals surface area contributed by atoms with E-state index in [2.05, 4.69) is 4.98 Å².